The molecule has 3 heterocycles. The lowest BCUT2D eigenvalue weighted by Gasteiger charge is -2.25. The maximum absolute atomic E-state index is 13.0. The molecule has 3 rings (SSSR count). The monoisotopic (exact) mass is 471 g/mol. The van der Waals surface area contributed by atoms with Crippen LogP contribution in [0.2, 0.25) is 0 Å². The minimum atomic E-state index is -4.21. The molecule has 2 amide bonds. The van der Waals surface area contributed by atoms with E-state index in [-0.39, 0.29) is 22.7 Å². The molecule has 0 spiro atoms. The number of amides is 2. The molecule has 14 heteroatoms. The molecule has 2 aromatic rings. The Labute approximate surface area is 184 Å². The van der Waals surface area contributed by atoms with Crippen molar-refractivity contribution in [2.24, 2.45) is 7.05 Å². The van der Waals surface area contributed by atoms with Gasteiger partial charge in [-0.25, -0.2) is 13.8 Å². The summed E-state index contributed by atoms with van der Waals surface area (Å²) >= 11 is 1.35. The van der Waals surface area contributed by atoms with Crippen LogP contribution in [0, 0.1) is 0 Å². The molecule has 0 saturated carbocycles. The lowest BCUT2D eigenvalue weighted by Crippen LogP contribution is -2.36. The van der Waals surface area contributed by atoms with Gasteiger partial charge in [-0.1, -0.05) is 13.3 Å². The first kappa shape index (κ1) is 23.1. The molecule has 0 radical (unpaired) electrons. The molecule has 1 aliphatic rings. The van der Waals surface area contributed by atoms with E-state index in [9.17, 15) is 13.2 Å². The second kappa shape index (κ2) is 9.70. The molecule has 12 nitrogen and oxygen atoms in total. The summed E-state index contributed by atoms with van der Waals surface area (Å²) < 4.78 is 41.4. The second-order valence-corrected chi connectivity index (χ2v) is 9.37. The summed E-state index contributed by atoms with van der Waals surface area (Å²) in [6.07, 6.45) is 2.69. The zero-order chi connectivity index (χ0) is 22.6. The SMILES string of the molecule is CCCCN1CCc2nn(C)c(S(=O)(=O)NC(=O)Nc3nc(OC)cc(OC)n3)c2S1. The lowest BCUT2D eigenvalue weighted by atomic mass is 10.3. The highest BCUT2D eigenvalue weighted by molar-refractivity contribution is 7.98. The Morgan fingerprint density at radius 1 is 1.26 bits per heavy atom. The van der Waals surface area contributed by atoms with E-state index in [1.165, 1.54) is 44.0 Å². The van der Waals surface area contributed by atoms with Crippen LogP contribution in [0.1, 0.15) is 25.5 Å². The van der Waals surface area contributed by atoms with Crippen LogP contribution in [-0.4, -0.2) is 65.8 Å². The number of unbranched alkanes of at least 4 members (excludes halogenated alkanes) is 1. The van der Waals surface area contributed by atoms with E-state index in [1.807, 2.05) is 4.72 Å². The van der Waals surface area contributed by atoms with Crippen LogP contribution < -0.4 is 19.5 Å². The summed E-state index contributed by atoms with van der Waals surface area (Å²) in [5.41, 5.74) is 0.696. The topological polar surface area (TPSA) is 141 Å². The van der Waals surface area contributed by atoms with Gasteiger partial charge in [-0.15, -0.1) is 0 Å². The van der Waals surface area contributed by atoms with E-state index in [0.29, 0.717) is 17.0 Å². The summed E-state index contributed by atoms with van der Waals surface area (Å²) in [6.45, 7) is 3.74. The molecule has 0 saturated heterocycles. The van der Waals surface area contributed by atoms with E-state index in [0.717, 1.165) is 25.9 Å². The normalized spacial score (nSPS) is 14.1. The minimum absolute atomic E-state index is 0.0620. The van der Waals surface area contributed by atoms with Gasteiger partial charge in [0, 0.05) is 26.6 Å². The van der Waals surface area contributed by atoms with E-state index < -0.39 is 16.1 Å². The number of methoxy groups -OCH3 is 2. The number of hydrogen-bond acceptors (Lipinski definition) is 10. The van der Waals surface area contributed by atoms with Crippen molar-refractivity contribution in [1.82, 2.24) is 28.8 Å². The van der Waals surface area contributed by atoms with E-state index >= 15 is 0 Å². The third-order valence-electron chi connectivity index (χ3n) is 4.40. The number of hydrogen-bond donors (Lipinski definition) is 2. The predicted molar refractivity (Wildman–Crippen MR) is 114 cm³/mol. The highest BCUT2D eigenvalue weighted by Gasteiger charge is 2.33. The van der Waals surface area contributed by atoms with Crippen molar-refractivity contribution in [3.63, 3.8) is 0 Å². The van der Waals surface area contributed by atoms with Crippen molar-refractivity contribution in [3.8, 4) is 11.8 Å². The van der Waals surface area contributed by atoms with E-state index in [2.05, 4.69) is 31.6 Å². The van der Waals surface area contributed by atoms with Crippen LogP contribution in [0.25, 0.3) is 0 Å². The first-order valence-corrected chi connectivity index (χ1v) is 11.8. The standard InChI is InChI=1S/C17H25N7O5S2/c1-5-6-8-24-9-7-11-14(30-24)15(23(2)21-11)31(26,27)22-17(25)20-16-18-12(28-3)10-13(19-16)29-4/h10H,5-9H2,1-4H3,(H2,18,19,20,22,25). The average molecular weight is 472 g/mol. The molecule has 1 aliphatic heterocycles. The number of nitrogens with one attached hydrogen (secondary N) is 2. The van der Waals surface area contributed by atoms with Gasteiger partial charge < -0.3 is 9.47 Å². The molecule has 31 heavy (non-hydrogen) atoms. The summed E-state index contributed by atoms with van der Waals surface area (Å²) in [6, 6.07) is 0.400. The molecule has 0 atom stereocenters. The van der Waals surface area contributed by atoms with Crippen molar-refractivity contribution in [2.45, 2.75) is 36.1 Å². The molecular formula is C17H25N7O5S2. The average Bonchev–Trinajstić information content (AvgIpc) is 3.07. The number of anilines is 1. The van der Waals surface area contributed by atoms with Gasteiger partial charge in [0.15, 0.2) is 5.03 Å². The van der Waals surface area contributed by atoms with Gasteiger partial charge in [0.1, 0.15) is 0 Å². The van der Waals surface area contributed by atoms with E-state index in [4.69, 9.17) is 9.47 Å². The van der Waals surface area contributed by atoms with Crippen molar-refractivity contribution in [2.75, 3.05) is 32.6 Å². The van der Waals surface area contributed by atoms with Crippen molar-refractivity contribution >= 4 is 34.0 Å². The first-order valence-electron chi connectivity index (χ1n) is 9.57. The molecule has 0 fully saturated rings. The molecule has 170 valence electrons. The molecular weight excluding hydrogens is 446 g/mol. The Morgan fingerprint density at radius 2 is 1.94 bits per heavy atom. The second-order valence-electron chi connectivity index (χ2n) is 6.66. The third-order valence-corrected chi connectivity index (χ3v) is 7.20. The summed E-state index contributed by atoms with van der Waals surface area (Å²) in [7, 11) is 0.113. The fourth-order valence-corrected chi connectivity index (χ4v) is 5.66. The number of sulfonamides is 1. The Kier molecular flexibility index (Phi) is 7.23. The number of nitrogens with zero attached hydrogens (tertiary/aromatic N) is 5. The number of carbonyl (C=O) groups excluding carboxylic acids is 1. The predicted octanol–water partition coefficient (Wildman–Crippen LogP) is 1.40. The Balaban J connectivity index is 1.79. The molecule has 0 unspecified atom stereocenters. The molecule has 0 bridgehead atoms. The van der Waals surface area contributed by atoms with Crippen LogP contribution in [-0.2, 0) is 23.5 Å². The number of urea groups is 1. The fraction of sp³-hybridized carbons (Fsp3) is 0.529. The first-order chi connectivity index (χ1) is 14.8. The van der Waals surface area contributed by atoms with Crippen molar-refractivity contribution < 1.29 is 22.7 Å². The zero-order valence-corrected chi connectivity index (χ0v) is 19.3. The zero-order valence-electron chi connectivity index (χ0n) is 17.7. The van der Waals surface area contributed by atoms with Crippen LogP contribution >= 0.6 is 11.9 Å². The number of carbonyl (C=O) groups is 1. The van der Waals surface area contributed by atoms with Crippen LogP contribution in [0.3, 0.4) is 0 Å². The van der Waals surface area contributed by atoms with Gasteiger partial charge in [-0.05, 0) is 18.4 Å². The molecule has 2 N–H and O–H groups in total. The van der Waals surface area contributed by atoms with Gasteiger partial charge >= 0.3 is 6.03 Å². The van der Waals surface area contributed by atoms with E-state index in [1.54, 1.807) is 0 Å². The molecule has 2 aromatic heterocycles. The largest absolute Gasteiger partial charge is 0.481 e. The van der Waals surface area contributed by atoms with Gasteiger partial charge in [0.2, 0.25) is 17.7 Å². The van der Waals surface area contributed by atoms with Crippen LogP contribution in [0.4, 0.5) is 10.7 Å². The van der Waals surface area contributed by atoms with Crippen molar-refractivity contribution in [3.05, 3.63) is 11.8 Å². The van der Waals surface area contributed by atoms with Crippen molar-refractivity contribution in [1.29, 1.82) is 0 Å². The Morgan fingerprint density at radius 3 is 2.55 bits per heavy atom. The molecule has 0 aromatic carbocycles. The van der Waals surface area contributed by atoms with Gasteiger partial charge in [0.25, 0.3) is 10.0 Å². The Bertz CT molecular complexity index is 1040. The number of aryl methyl sites for hydroxylation is 1. The number of fused-ring (bicyclic) bond motifs is 1. The number of rotatable bonds is 8. The van der Waals surface area contributed by atoms with Gasteiger partial charge in [-0.2, -0.15) is 23.5 Å². The maximum Gasteiger partial charge on any atom is 0.335 e. The maximum atomic E-state index is 13.0. The lowest BCUT2D eigenvalue weighted by molar-refractivity contribution is 0.256. The number of ether oxygens (including phenoxy) is 2. The van der Waals surface area contributed by atoms with Crippen LogP contribution in [0.5, 0.6) is 11.8 Å². The highest BCUT2D eigenvalue weighted by atomic mass is 32.2. The van der Waals surface area contributed by atoms with Crippen LogP contribution in [0.15, 0.2) is 16.0 Å². The smallest absolute Gasteiger partial charge is 0.335 e. The third kappa shape index (κ3) is 5.37. The summed E-state index contributed by atoms with van der Waals surface area (Å²) in [5.74, 6) is 0.125. The van der Waals surface area contributed by atoms with Gasteiger partial charge in [0.05, 0.1) is 30.9 Å². The molecule has 0 aliphatic carbocycles. The quantitative estimate of drug-likeness (QED) is 0.543. The highest BCUT2D eigenvalue weighted by Crippen LogP contribution is 2.36. The fourth-order valence-electron chi connectivity index (χ4n) is 2.96. The summed E-state index contributed by atoms with van der Waals surface area (Å²) in [5, 5.41) is 6.55. The van der Waals surface area contributed by atoms with Gasteiger partial charge in [-0.3, -0.25) is 10.00 Å². The number of aromatic nitrogens is 4. The Hall–Kier alpha value is -2.58. The summed E-state index contributed by atoms with van der Waals surface area (Å²) in [4.78, 5) is 20.8. The minimum Gasteiger partial charge on any atom is -0.481 e.